The molecule has 0 unspecified atom stereocenters. The molecule has 1 aliphatic rings. The highest BCUT2D eigenvalue weighted by Crippen LogP contribution is 2.28. The van der Waals surface area contributed by atoms with E-state index in [0.717, 1.165) is 5.69 Å². The molecule has 1 N–H and O–H groups in total. The van der Waals surface area contributed by atoms with Crippen LogP contribution in [-0.2, 0) is 0 Å². The number of aryl methyl sites for hydroxylation is 1. The average Bonchev–Trinajstić information content (AvgIpc) is 2.43. The maximum absolute atomic E-state index is 12.6. The number of H-pyrrole nitrogens is 1. The highest BCUT2D eigenvalue weighted by molar-refractivity contribution is 6.27. The molecule has 106 valence electrons. The molecule has 0 atom stereocenters. The zero-order valence-electron chi connectivity index (χ0n) is 11.9. The summed E-state index contributed by atoms with van der Waals surface area (Å²) in [6.07, 6.45) is 1.53. The number of hydrogen-bond acceptors (Lipinski definition) is 5. The second kappa shape index (κ2) is 4.37. The molecule has 3 rings (SSSR count). The Bertz CT molecular complexity index is 850. The van der Waals surface area contributed by atoms with E-state index in [-0.39, 0.29) is 28.3 Å². The Labute approximate surface area is 120 Å². The van der Waals surface area contributed by atoms with Crippen LogP contribution in [0.2, 0.25) is 0 Å². The Morgan fingerprint density at radius 3 is 2.48 bits per heavy atom. The van der Waals surface area contributed by atoms with Gasteiger partial charge in [-0.15, -0.1) is 0 Å². The molecule has 0 fully saturated rings. The molecule has 0 radical (unpaired) electrons. The highest BCUT2D eigenvalue weighted by Gasteiger charge is 2.33. The van der Waals surface area contributed by atoms with Crippen LogP contribution in [0.5, 0.6) is 0 Å². The molecule has 6 heteroatoms. The van der Waals surface area contributed by atoms with Crippen molar-refractivity contribution in [2.75, 3.05) is 19.0 Å². The Morgan fingerprint density at radius 1 is 1.10 bits per heavy atom. The molecule has 2 aromatic rings. The third kappa shape index (κ3) is 1.87. The molecule has 6 nitrogen and oxygen atoms in total. The predicted octanol–water partition coefficient (Wildman–Crippen LogP) is 0.920. The Balaban J connectivity index is 2.30. The summed E-state index contributed by atoms with van der Waals surface area (Å²) in [5.41, 5.74) is 1.47. The molecule has 1 aliphatic carbocycles. The molecule has 0 saturated heterocycles. The number of fused-ring (bicyclic) bond motifs is 2. The van der Waals surface area contributed by atoms with Crippen LogP contribution >= 0.6 is 0 Å². The van der Waals surface area contributed by atoms with Crippen LogP contribution in [0, 0.1) is 6.92 Å². The molecule has 2 heterocycles. The summed E-state index contributed by atoms with van der Waals surface area (Å²) in [7, 11) is 3.66. The van der Waals surface area contributed by atoms with Gasteiger partial charge in [-0.2, -0.15) is 0 Å². The smallest absolute Gasteiger partial charge is 0.248 e. The minimum absolute atomic E-state index is 0.0302. The van der Waals surface area contributed by atoms with Crippen LogP contribution in [0.15, 0.2) is 23.1 Å². The fourth-order valence-corrected chi connectivity index (χ4v) is 2.46. The van der Waals surface area contributed by atoms with Crippen molar-refractivity contribution in [3.05, 3.63) is 56.8 Å². The number of aromatic nitrogens is 2. The van der Waals surface area contributed by atoms with Gasteiger partial charge in [-0.25, -0.2) is 4.98 Å². The van der Waals surface area contributed by atoms with Gasteiger partial charge in [0.15, 0.2) is 5.78 Å². The van der Waals surface area contributed by atoms with E-state index in [1.165, 1.54) is 12.3 Å². The van der Waals surface area contributed by atoms with Crippen molar-refractivity contribution >= 4 is 17.3 Å². The summed E-state index contributed by atoms with van der Waals surface area (Å²) in [4.78, 5) is 44.9. The van der Waals surface area contributed by atoms with Crippen molar-refractivity contribution in [1.82, 2.24) is 9.97 Å². The van der Waals surface area contributed by atoms with Crippen LogP contribution in [0.4, 0.5) is 5.69 Å². The van der Waals surface area contributed by atoms with E-state index in [9.17, 15) is 14.4 Å². The van der Waals surface area contributed by atoms with Crippen molar-refractivity contribution in [3.63, 3.8) is 0 Å². The summed E-state index contributed by atoms with van der Waals surface area (Å²) in [6.45, 7) is 1.65. The van der Waals surface area contributed by atoms with Crippen LogP contribution in [0.1, 0.15) is 37.7 Å². The fraction of sp³-hybridized carbons (Fsp3) is 0.200. The van der Waals surface area contributed by atoms with Gasteiger partial charge in [-0.05, 0) is 18.6 Å². The maximum atomic E-state index is 12.6. The summed E-state index contributed by atoms with van der Waals surface area (Å²) >= 11 is 0. The quantitative estimate of drug-likeness (QED) is 0.718. The van der Waals surface area contributed by atoms with Gasteiger partial charge in [0.25, 0.3) is 0 Å². The third-order valence-corrected chi connectivity index (χ3v) is 3.54. The number of carbonyl (C=O) groups excluding carboxylic acids is 2. The van der Waals surface area contributed by atoms with E-state index in [1.54, 1.807) is 17.9 Å². The number of ketones is 2. The van der Waals surface area contributed by atoms with Gasteiger partial charge in [0.05, 0.1) is 23.0 Å². The van der Waals surface area contributed by atoms with Crippen LogP contribution < -0.4 is 10.5 Å². The molecule has 0 saturated carbocycles. The zero-order valence-corrected chi connectivity index (χ0v) is 11.9. The lowest BCUT2D eigenvalue weighted by atomic mass is 9.87. The number of nitrogens with one attached hydrogen (secondary N) is 1. The first-order valence-electron chi connectivity index (χ1n) is 6.41. The third-order valence-electron chi connectivity index (χ3n) is 3.54. The summed E-state index contributed by atoms with van der Waals surface area (Å²) in [5.74, 6) is -0.713. The Hall–Kier alpha value is -2.76. The molecule has 0 aromatic carbocycles. The largest absolute Gasteiger partial charge is 0.376 e. The molecule has 2 aromatic heterocycles. The van der Waals surface area contributed by atoms with E-state index in [0.29, 0.717) is 5.56 Å². The molecule has 0 aliphatic heterocycles. The van der Waals surface area contributed by atoms with Crippen LogP contribution in [-0.4, -0.2) is 35.6 Å². The van der Waals surface area contributed by atoms with E-state index in [4.69, 9.17) is 0 Å². The lowest BCUT2D eigenvalue weighted by molar-refractivity contribution is 0.0970. The van der Waals surface area contributed by atoms with Gasteiger partial charge in [0.1, 0.15) is 11.4 Å². The van der Waals surface area contributed by atoms with E-state index in [1.807, 2.05) is 14.1 Å². The van der Waals surface area contributed by atoms with Crippen molar-refractivity contribution in [1.29, 1.82) is 0 Å². The molecule has 0 bridgehead atoms. The maximum Gasteiger partial charge on any atom is 0.248 e. The van der Waals surface area contributed by atoms with E-state index < -0.39 is 11.3 Å². The lowest BCUT2D eigenvalue weighted by Gasteiger charge is -2.20. The lowest BCUT2D eigenvalue weighted by Crippen LogP contribution is -2.28. The standard InChI is InChI=1S/C15H13N3O3/c1-7-4-10(19)17-13-11(7)14(20)9-5-8(18(2)3)6-16-12(9)15(13)21/h4-6H,1-3H3,(H,17,19). The van der Waals surface area contributed by atoms with Gasteiger partial charge >= 0.3 is 0 Å². The predicted molar refractivity (Wildman–Crippen MR) is 77.2 cm³/mol. The number of hydrogen-bond donors (Lipinski definition) is 1. The minimum Gasteiger partial charge on any atom is -0.376 e. The number of anilines is 1. The topological polar surface area (TPSA) is 83.1 Å². The number of pyridine rings is 2. The van der Waals surface area contributed by atoms with E-state index >= 15 is 0 Å². The highest BCUT2D eigenvalue weighted by atomic mass is 16.1. The van der Waals surface area contributed by atoms with Crippen LogP contribution in [0.25, 0.3) is 0 Å². The minimum atomic E-state index is -0.425. The first kappa shape index (κ1) is 13.2. The summed E-state index contributed by atoms with van der Waals surface area (Å²) in [6, 6.07) is 2.97. The summed E-state index contributed by atoms with van der Waals surface area (Å²) < 4.78 is 0. The second-order valence-corrected chi connectivity index (χ2v) is 5.21. The normalized spacial score (nSPS) is 12.9. The van der Waals surface area contributed by atoms with Gasteiger partial charge in [0, 0.05) is 20.2 Å². The second-order valence-electron chi connectivity index (χ2n) is 5.21. The fourth-order valence-electron chi connectivity index (χ4n) is 2.46. The molecule has 0 spiro atoms. The van der Waals surface area contributed by atoms with Crippen molar-refractivity contribution in [3.8, 4) is 0 Å². The van der Waals surface area contributed by atoms with E-state index in [2.05, 4.69) is 9.97 Å². The number of carbonyl (C=O) groups is 2. The Kier molecular flexibility index (Phi) is 2.76. The van der Waals surface area contributed by atoms with Gasteiger partial charge < -0.3 is 9.88 Å². The van der Waals surface area contributed by atoms with Crippen molar-refractivity contribution in [2.24, 2.45) is 0 Å². The number of nitrogens with zero attached hydrogens (tertiary/aromatic N) is 2. The van der Waals surface area contributed by atoms with Gasteiger partial charge in [0.2, 0.25) is 11.3 Å². The molecular formula is C15H13N3O3. The SMILES string of the molecule is Cc1cc(=O)[nH]c2c1C(=O)c1cc(N(C)C)cnc1C2=O. The van der Waals surface area contributed by atoms with Crippen molar-refractivity contribution < 1.29 is 9.59 Å². The summed E-state index contributed by atoms with van der Waals surface area (Å²) in [5, 5.41) is 0. The number of rotatable bonds is 1. The first-order valence-corrected chi connectivity index (χ1v) is 6.41. The van der Waals surface area contributed by atoms with Gasteiger partial charge in [-0.1, -0.05) is 0 Å². The molecule has 0 amide bonds. The monoisotopic (exact) mass is 283 g/mol. The van der Waals surface area contributed by atoms with Crippen LogP contribution in [0.3, 0.4) is 0 Å². The van der Waals surface area contributed by atoms with Gasteiger partial charge in [-0.3, -0.25) is 14.4 Å². The Morgan fingerprint density at radius 2 is 1.81 bits per heavy atom. The molecule has 21 heavy (non-hydrogen) atoms. The first-order chi connectivity index (χ1) is 9.90. The number of aromatic amines is 1. The molecular weight excluding hydrogens is 270 g/mol. The zero-order chi connectivity index (χ0) is 15.3. The van der Waals surface area contributed by atoms with Crippen molar-refractivity contribution in [2.45, 2.75) is 6.92 Å². The average molecular weight is 283 g/mol.